The van der Waals surface area contributed by atoms with Gasteiger partial charge in [-0.25, -0.2) is 9.97 Å². The van der Waals surface area contributed by atoms with E-state index < -0.39 is 0 Å². The van der Waals surface area contributed by atoms with Crippen molar-refractivity contribution in [1.29, 1.82) is 0 Å². The van der Waals surface area contributed by atoms with Gasteiger partial charge in [-0.2, -0.15) is 0 Å². The van der Waals surface area contributed by atoms with Crippen molar-refractivity contribution in [3.8, 4) is 44.8 Å². The van der Waals surface area contributed by atoms with Crippen molar-refractivity contribution in [2.75, 3.05) is 4.90 Å². The molecule has 0 bridgehead atoms. The highest BCUT2D eigenvalue weighted by Gasteiger charge is 2.23. The zero-order chi connectivity index (χ0) is 45.4. The maximum atomic E-state index is 5.27. The van der Waals surface area contributed by atoms with Crippen LogP contribution in [0.15, 0.2) is 249 Å². The second-order valence-electron chi connectivity index (χ2n) is 17.6. The molecule has 0 aliphatic heterocycles. The largest absolute Gasteiger partial charge is 0.310 e. The van der Waals surface area contributed by atoms with Crippen LogP contribution in [0.3, 0.4) is 0 Å². The lowest BCUT2D eigenvalue weighted by atomic mass is 10.0. The van der Waals surface area contributed by atoms with Crippen LogP contribution in [0.4, 0.5) is 17.1 Å². The predicted octanol–water partition coefficient (Wildman–Crippen LogP) is 15.6. The molecule has 14 rings (SSSR count). The molecule has 4 heterocycles. The van der Waals surface area contributed by atoms with Gasteiger partial charge in [0.25, 0.3) is 0 Å². The topological polar surface area (TPSA) is 47.7 Å². The predicted molar refractivity (Wildman–Crippen MR) is 284 cm³/mol. The average molecular weight is 884 g/mol. The van der Waals surface area contributed by atoms with Crippen molar-refractivity contribution in [3.63, 3.8) is 0 Å². The van der Waals surface area contributed by atoms with E-state index in [0.717, 1.165) is 89.7 Å². The molecular weight excluding hydrogens is 843 g/mol. The van der Waals surface area contributed by atoms with E-state index in [4.69, 9.17) is 9.97 Å². The van der Waals surface area contributed by atoms with Crippen molar-refractivity contribution in [2.24, 2.45) is 0 Å². The van der Waals surface area contributed by atoms with Crippen molar-refractivity contribution in [2.45, 2.75) is 0 Å². The highest BCUT2D eigenvalue weighted by molar-refractivity contribution is 5.98. The number of hydrogen-bond donors (Lipinski definition) is 0. The number of rotatable bonds is 8. The first-order valence-electron chi connectivity index (χ1n) is 23.3. The van der Waals surface area contributed by atoms with E-state index in [1.54, 1.807) is 0 Å². The van der Waals surface area contributed by atoms with Gasteiger partial charge in [-0.05, 0) is 130 Å². The third-order valence-corrected chi connectivity index (χ3v) is 13.6. The third-order valence-electron chi connectivity index (χ3n) is 13.6. The number of hydrogen-bond acceptors (Lipinski definition) is 3. The Morgan fingerprint density at radius 3 is 1.00 bits per heavy atom. The van der Waals surface area contributed by atoms with Crippen LogP contribution >= 0.6 is 0 Å². The number of para-hydroxylation sites is 4. The van der Waals surface area contributed by atoms with Crippen LogP contribution in [0.5, 0.6) is 0 Å². The van der Waals surface area contributed by atoms with E-state index in [0.29, 0.717) is 0 Å². The van der Waals surface area contributed by atoms with Crippen LogP contribution in [0.25, 0.3) is 100 Å². The Balaban J connectivity index is 0.976. The Morgan fingerprint density at radius 2 is 0.594 bits per heavy atom. The van der Waals surface area contributed by atoms with Crippen LogP contribution in [0, 0.1) is 0 Å². The highest BCUT2D eigenvalue weighted by Crippen LogP contribution is 2.41. The molecule has 0 aliphatic rings. The monoisotopic (exact) mass is 883 g/mol. The van der Waals surface area contributed by atoms with Crippen LogP contribution < -0.4 is 4.90 Å². The normalized spacial score (nSPS) is 11.8. The Morgan fingerprint density at radius 1 is 0.261 bits per heavy atom. The van der Waals surface area contributed by atoms with Gasteiger partial charge >= 0.3 is 0 Å². The minimum atomic E-state index is 0.864. The fourth-order valence-corrected chi connectivity index (χ4v) is 10.3. The number of benzene rings is 10. The lowest BCUT2D eigenvalue weighted by molar-refractivity contribution is 1.11. The molecule has 0 saturated heterocycles. The number of imidazole rings is 4. The molecule has 14 aromatic rings. The van der Waals surface area contributed by atoms with Crippen molar-refractivity contribution < 1.29 is 0 Å². The summed E-state index contributed by atoms with van der Waals surface area (Å²) in [5, 5.41) is 0. The van der Waals surface area contributed by atoms with Gasteiger partial charge < -0.3 is 4.90 Å². The molecular formula is C62H41N7. The summed E-state index contributed by atoms with van der Waals surface area (Å²) >= 11 is 0. The molecule has 0 atom stereocenters. The molecule has 69 heavy (non-hydrogen) atoms. The molecule has 10 aromatic carbocycles. The lowest BCUT2D eigenvalue weighted by Gasteiger charge is -2.26. The summed E-state index contributed by atoms with van der Waals surface area (Å²) in [6.45, 7) is 0. The third kappa shape index (κ3) is 6.29. The summed E-state index contributed by atoms with van der Waals surface area (Å²) in [5.41, 5.74) is 20.5. The Hall–Kier alpha value is -9.46. The molecule has 7 heteroatoms. The molecule has 0 saturated carbocycles. The summed E-state index contributed by atoms with van der Waals surface area (Å²) in [4.78, 5) is 12.9. The standard InChI is InChI=1S/C62H41N7/c1-4-14-42(15-5-1)45-24-30-48(31-25-45)65(51-36-38-57-59(40-51)68-55-22-12-10-20-53(55)63-61(68)66(57)49-32-26-46(27-33-49)43-16-6-2-7-17-43)52-37-39-58-60(41-52)69-56-23-13-11-21-54(56)64-62(69)67(58)50-34-28-47(29-35-50)44-18-8-3-9-19-44/h1-41H. The first kappa shape index (κ1) is 38.8. The maximum absolute atomic E-state index is 5.27. The number of aromatic nitrogens is 6. The van der Waals surface area contributed by atoms with Gasteiger partial charge in [-0.3, -0.25) is 17.9 Å². The van der Waals surface area contributed by atoms with E-state index in [9.17, 15) is 0 Å². The number of fused-ring (bicyclic) bond motifs is 10. The Bertz CT molecular complexity index is 3970. The zero-order valence-corrected chi connectivity index (χ0v) is 37.3. The summed E-state index contributed by atoms with van der Waals surface area (Å²) in [7, 11) is 0. The summed E-state index contributed by atoms with van der Waals surface area (Å²) < 4.78 is 9.19. The smallest absolute Gasteiger partial charge is 0.220 e. The van der Waals surface area contributed by atoms with Crippen LogP contribution in [0.2, 0.25) is 0 Å². The maximum Gasteiger partial charge on any atom is 0.220 e. The van der Waals surface area contributed by atoms with Crippen molar-refractivity contribution in [3.05, 3.63) is 249 Å². The number of nitrogens with zero attached hydrogens (tertiary/aromatic N) is 7. The Kier molecular flexibility index (Phi) is 8.75. The summed E-state index contributed by atoms with van der Waals surface area (Å²) in [6, 6.07) is 88.7. The van der Waals surface area contributed by atoms with Gasteiger partial charge in [0.2, 0.25) is 11.6 Å². The molecule has 0 spiro atoms. The zero-order valence-electron chi connectivity index (χ0n) is 37.3. The fraction of sp³-hybridized carbons (Fsp3) is 0. The molecule has 0 radical (unpaired) electrons. The quantitative estimate of drug-likeness (QED) is 0.153. The summed E-state index contributed by atoms with van der Waals surface area (Å²) in [6.07, 6.45) is 0. The van der Waals surface area contributed by atoms with Gasteiger partial charge in [0.15, 0.2) is 0 Å². The first-order valence-corrected chi connectivity index (χ1v) is 23.3. The highest BCUT2D eigenvalue weighted by atomic mass is 15.2. The van der Waals surface area contributed by atoms with E-state index >= 15 is 0 Å². The van der Waals surface area contributed by atoms with Crippen LogP contribution in [0.1, 0.15) is 0 Å². The van der Waals surface area contributed by atoms with Crippen molar-refractivity contribution in [1.82, 2.24) is 27.9 Å². The van der Waals surface area contributed by atoms with E-state index in [1.165, 1.54) is 27.8 Å². The molecule has 0 N–H and O–H groups in total. The molecule has 4 aromatic heterocycles. The SMILES string of the molecule is c1ccc(-c2ccc(N(c3ccc4c(c3)n3c5ccccc5nc3n4-c3ccc(-c4ccccc4)cc3)c3ccc4c(c3)n3c5ccccc5nc3n4-c3ccc(-c4ccccc4)cc3)cc2)cc1. The second kappa shape index (κ2) is 15.6. The van der Waals surface area contributed by atoms with E-state index in [2.05, 4.69) is 272 Å². The average Bonchev–Trinajstić information content (AvgIpc) is 4.16. The lowest BCUT2D eigenvalue weighted by Crippen LogP contribution is -2.10. The van der Waals surface area contributed by atoms with E-state index in [-0.39, 0.29) is 0 Å². The van der Waals surface area contributed by atoms with Gasteiger partial charge in [0, 0.05) is 28.4 Å². The molecule has 0 amide bonds. The van der Waals surface area contributed by atoms with Crippen LogP contribution in [-0.2, 0) is 0 Å². The first-order chi connectivity index (χ1) is 34.2. The summed E-state index contributed by atoms with van der Waals surface area (Å²) in [5.74, 6) is 1.73. The van der Waals surface area contributed by atoms with Crippen LogP contribution in [-0.4, -0.2) is 27.9 Å². The fourth-order valence-electron chi connectivity index (χ4n) is 10.3. The minimum Gasteiger partial charge on any atom is -0.310 e. The van der Waals surface area contributed by atoms with Gasteiger partial charge in [0.1, 0.15) is 0 Å². The molecule has 7 nitrogen and oxygen atoms in total. The molecule has 0 fully saturated rings. The number of anilines is 3. The molecule has 324 valence electrons. The van der Waals surface area contributed by atoms with E-state index in [1.807, 2.05) is 0 Å². The minimum absolute atomic E-state index is 0.864. The van der Waals surface area contributed by atoms with Gasteiger partial charge in [0.05, 0.1) is 44.1 Å². The van der Waals surface area contributed by atoms with Gasteiger partial charge in [-0.15, -0.1) is 0 Å². The molecule has 0 unspecified atom stereocenters. The van der Waals surface area contributed by atoms with Crippen molar-refractivity contribution >= 4 is 72.8 Å². The van der Waals surface area contributed by atoms with Gasteiger partial charge in [-0.1, -0.05) is 152 Å². The Labute approximate surface area is 397 Å². The second-order valence-corrected chi connectivity index (χ2v) is 17.6. The molecule has 0 aliphatic carbocycles.